The standard InChI is InChI=1S/C14H13Br2NO2/c1-8-3-9(17)5-10(4-8)19-14-7-11(15)13(18-2)6-12(14)16/h3-7H,17H2,1-2H3. The first-order chi connectivity index (χ1) is 8.99. The average Bonchev–Trinajstić information content (AvgIpc) is 2.32. The van der Waals surface area contributed by atoms with E-state index in [1.807, 2.05) is 31.2 Å². The van der Waals surface area contributed by atoms with Gasteiger partial charge in [0, 0.05) is 11.8 Å². The first kappa shape index (κ1) is 14.2. The molecule has 19 heavy (non-hydrogen) atoms. The summed E-state index contributed by atoms with van der Waals surface area (Å²) >= 11 is 6.89. The average molecular weight is 387 g/mol. The summed E-state index contributed by atoms with van der Waals surface area (Å²) in [7, 11) is 1.62. The topological polar surface area (TPSA) is 44.5 Å². The van der Waals surface area contributed by atoms with Crippen molar-refractivity contribution in [2.24, 2.45) is 0 Å². The molecule has 0 bridgehead atoms. The summed E-state index contributed by atoms with van der Waals surface area (Å²) in [5.41, 5.74) is 7.54. The Labute approximate surface area is 129 Å². The monoisotopic (exact) mass is 385 g/mol. The van der Waals surface area contributed by atoms with Gasteiger partial charge in [-0.2, -0.15) is 0 Å². The van der Waals surface area contributed by atoms with E-state index in [2.05, 4.69) is 31.9 Å². The van der Waals surface area contributed by atoms with Crippen molar-refractivity contribution >= 4 is 37.5 Å². The lowest BCUT2D eigenvalue weighted by Gasteiger charge is -2.12. The van der Waals surface area contributed by atoms with E-state index < -0.39 is 0 Å². The lowest BCUT2D eigenvalue weighted by molar-refractivity contribution is 0.409. The normalized spacial score (nSPS) is 10.3. The molecule has 0 aliphatic heterocycles. The molecule has 2 aromatic rings. The van der Waals surface area contributed by atoms with Gasteiger partial charge in [-0.3, -0.25) is 0 Å². The number of hydrogen-bond donors (Lipinski definition) is 1. The van der Waals surface area contributed by atoms with E-state index in [4.69, 9.17) is 15.2 Å². The van der Waals surface area contributed by atoms with Crippen LogP contribution in [0.4, 0.5) is 5.69 Å². The molecule has 100 valence electrons. The van der Waals surface area contributed by atoms with E-state index in [0.29, 0.717) is 17.2 Å². The molecule has 0 atom stereocenters. The summed E-state index contributed by atoms with van der Waals surface area (Å²) in [6, 6.07) is 9.31. The Morgan fingerprint density at radius 3 is 2.21 bits per heavy atom. The lowest BCUT2D eigenvalue weighted by Crippen LogP contribution is -1.92. The Morgan fingerprint density at radius 1 is 0.947 bits per heavy atom. The van der Waals surface area contributed by atoms with Crippen molar-refractivity contribution < 1.29 is 9.47 Å². The molecule has 0 aromatic heterocycles. The number of anilines is 1. The quantitative estimate of drug-likeness (QED) is 0.762. The molecule has 2 N–H and O–H groups in total. The fraction of sp³-hybridized carbons (Fsp3) is 0.143. The molecule has 0 spiro atoms. The van der Waals surface area contributed by atoms with Crippen molar-refractivity contribution in [3.8, 4) is 17.2 Å². The minimum atomic E-state index is 0.679. The maximum Gasteiger partial charge on any atom is 0.143 e. The lowest BCUT2D eigenvalue weighted by atomic mass is 10.2. The Kier molecular flexibility index (Phi) is 4.37. The van der Waals surface area contributed by atoms with Crippen LogP contribution in [0.3, 0.4) is 0 Å². The number of benzene rings is 2. The van der Waals surface area contributed by atoms with Crippen molar-refractivity contribution in [1.29, 1.82) is 0 Å². The third kappa shape index (κ3) is 3.42. The second-order valence-electron chi connectivity index (χ2n) is 4.10. The number of hydrogen-bond acceptors (Lipinski definition) is 3. The second-order valence-corrected chi connectivity index (χ2v) is 5.81. The van der Waals surface area contributed by atoms with Gasteiger partial charge in [0.2, 0.25) is 0 Å². The zero-order valence-corrected chi connectivity index (χ0v) is 13.7. The first-order valence-electron chi connectivity index (χ1n) is 5.57. The van der Waals surface area contributed by atoms with Crippen molar-refractivity contribution in [2.75, 3.05) is 12.8 Å². The zero-order chi connectivity index (χ0) is 14.0. The summed E-state index contributed by atoms with van der Waals surface area (Å²) in [5, 5.41) is 0. The zero-order valence-electron chi connectivity index (χ0n) is 10.5. The van der Waals surface area contributed by atoms with Gasteiger partial charge in [0.05, 0.1) is 16.1 Å². The first-order valence-corrected chi connectivity index (χ1v) is 7.16. The number of ether oxygens (including phenoxy) is 2. The van der Waals surface area contributed by atoms with E-state index in [1.165, 1.54) is 0 Å². The predicted molar refractivity (Wildman–Crippen MR) is 84.1 cm³/mol. The van der Waals surface area contributed by atoms with Gasteiger partial charge in [0.1, 0.15) is 17.2 Å². The summed E-state index contributed by atoms with van der Waals surface area (Å²) in [6.07, 6.45) is 0. The summed E-state index contributed by atoms with van der Waals surface area (Å²) in [4.78, 5) is 0. The van der Waals surface area contributed by atoms with Crippen LogP contribution in [0.25, 0.3) is 0 Å². The Balaban J connectivity index is 2.35. The fourth-order valence-electron chi connectivity index (χ4n) is 1.71. The number of rotatable bonds is 3. The van der Waals surface area contributed by atoms with Crippen LogP contribution >= 0.6 is 31.9 Å². The van der Waals surface area contributed by atoms with E-state index in [0.717, 1.165) is 20.3 Å². The van der Waals surface area contributed by atoms with E-state index >= 15 is 0 Å². The van der Waals surface area contributed by atoms with Gasteiger partial charge in [-0.25, -0.2) is 0 Å². The van der Waals surface area contributed by atoms with Gasteiger partial charge in [-0.1, -0.05) is 0 Å². The third-order valence-electron chi connectivity index (χ3n) is 2.51. The predicted octanol–water partition coefficient (Wildman–Crippen LogP) is 4.90. The smallest absolute Gasteiger partial charge is 0.143 e. The molecule has 0 unspecified atom stereocenters. The molecule has 0 saturated heterocycles. The highest BCUT2D eigenvalue weighted by Gasteiger charge is 2.09. The maximum absolute atomic E-state index is 5.84. The van der Waals surface area contributed by atoms with Crippen LogP contribution in [-0.4, -0.2) is 7.11 Å². The van der Waals surface area contributed by atoms with Gasteiger partial charge in [0.15, 0.2) is 0 Å². The second kappa shape index (κ2) is 5.84. The van der Waals surface area contributed by atoms with Gasteiger partial charge >= 0.3 is 0 Å². The molecule has 5 heteroatoms. The van der Waals surface area contributed by atoms with Gasteiger partial charge < -0.3 is 15.2 Å². The minimum absolute atomic E-state index is 0.679. The van der Waals surface area contributed by atoms with Crippen LogP contribution in [0.5, 0.6) is 17.2 Å². The Bertz CT molecular complexity index is 594. The highest BCUT2D eigenvalue weighted by molar-refractivity contribution is 9.11. The third-order valence-corrected chi connectivity index (χ3v) is 3.75. The van der Waals surface area contributed by atoms with Crippen molar-refractivity contribution in [3.63, 3.8) is 0 Å². The van der Waals surface area contributed by atoms with Crippen LogP contribution in [-0.2, 0) is 0 Å². The summed E-state index contributed by atoms with van der Waals surface area (Å²) in [5.74, 6) is 2.14. The Hall–Kier alpha value is -1.20. The molecule has 2 aromatic carbocycles. The van der Waals surface area contributed by atoms with Crippen molar-refractivity contribution in [1.82, 2.24) is 0 Å². The van der Waals surface area contributed by atoms with E-state index in [-0.39, 0.29) is 0 Å². The van der Waals surface area contributed by atoms with Gasteiger partial charge in [-0.15, -0.1) is 0 Å². The van der Waals surface area contributed by atoms with Crippen LogP contribution in [0, 0.1) is 6.92 Å². The highest BCUT2D eigenvalue weighted by atomic mass is 79.9. The number of nitrogen functional groups attached to an aromatic ring is 1. The molecule has 0 aliphatic rings. The molecular formula is C14H13Br2NO2. The van der Waals surface area contributed by atoms with E-state index in [1.54, 1.807) is 13.2 Å². The molecule has 3 nitrogen and oxygen atoms in total. The molecule has 0 heterocycles. The minimum Gasteiger partial charge on any atom is -0.496 e. The molecule has 0 aliphatic carbocycles. The summed E-state index contributed by atoms with van der Waals surface area (Å²) < 4.78 is 12.7. The molecule has 2 rings (SSSR count). The van der Waals surface area contributed by atoms with Crippen LogP contribution in [0.1, 0.15) is 5.56 Å². The van der Waals surface area contributed by atoms with Crippen LogP contribution in [0.15, 0.2) is 39.3 Å². The van der Waals surface area contributed by atoms with E-state index in [9.17, 15) is 0 Å². The molecule has 0 radical (unpaired) electrons. The molecular weight excluding hydrogens is 374 g/mol. The number of methoxy groups -OCH3 is 1. The molecule has 0 saturated carbocycles. The Morgan fingerprint density at radius 2 is 1.58 bits per heavy atom. The highest BCUT2D eigenvalue weighted by Crippen LogP contribution is 2.38. The maximum atomic E-state index is 5.84. The van der Waals surface area contributed by atoms with Crippen LogP contribution < -0.4 is 15.2 Å². The summed E-state index contributed by atoms with van der Waals surface area (Å²) in [6.45, 7) is 1.97. The largest absolute Gasteiger partial charge is 0.496 e. The van der Waals surface area contributed by atoms with Gasteiger partial charge in [0.25, 0.3) is 0 Å². The fourth-order valence-corrected chi connectivity index (χ4v) is 2.59. The SMILES string of the molecule is COc1cc(Br)c(Oc2cc(C)cc(N)c2)cc1Br. The number of aryl methyl sites for hydroxylation is 1. The van der Waals surface area contributed by atoms with Crippen molar-refractivity contribution in [3.05, 3.63) is 44.8 Å². The van der Waals surface area contributed by atoms with Crippen LogP contribution in [0.2, 0.25) is 0 Å². The van der Waals surface area contributed by atoms with Crippen molar-refractivity contribution in [2.45, 2.75) is 6.92 Å². The molecule has 0 amide bonds. The van der Waals surface area contributed by atoms with Gasteiger partial charge in [-0.05, 0) is 68.6 Å². The number of nitrogens with two attached hydrogens (primary N) is 1. The number of halogens is 2. The molecule has 0 fully saturated rings.